The Hall–Kier alpha value is -2.74. The molecule has 1 aromatic heterocycles. The van der Waals surface area contributed by atoms with Crippen LogP contribution in [-0.2, 0) is 14.3 Å². The van der Waals surface area contributed by atoms with Crippen LogP contribution in [0.5, 0.6) is 0 Å². The minimum Gasteiger partial charge on any atom is -0.451 e. The number of aromatic nitrogens is 1. The van der Waals surface area contributed by atoms with Crippen molar-refractivity contribution in [2.45, 2.75) is 20.3 Å². The number of carbonyl (C=O) groups is 3. The second kappa shape index (κ2) is 9.67. The average molecular weight is 375 g/mol. The van der Waals surface area contributed by atoms with Crippen molar-refractivity contribution < 1.29 is 19.1 Å². The Morgan fingerprint density at radius 2 is 1.85 bits per heavy atom. The molecule has 2 N–H and O–H groups in total. The summed E-state index contributed by atoms with van der Waals surface area (Å²) in [6.07, 6.45) is 0.815. The lowest BCUT2D eigenvalue weighted by molar-refractivity contribution is -0.127. The molecule has 2 amide bonds. The molecule has 0 spiro atoms. The van der Waals surface area contributed by atoms with Crippen LogP contribution in [0.1, 0.15) is 29.4 Å². The van der Waals surface area contributed by atoms with Gasteiger partial charge in [-0.15, -0.1) is 11.3 Å². The number of hydrogen-bond acceptors (Lipinski definition) is 6. The third kappa shape index (κ3) is 5.96. The van der Waals surface area contributed by atoms with Crippen LogP contribution < -0.4 is 10.6 Å². The van der Waals surface area contributed by atoms with Crippen molar-refractivity contribution in [3.8, 4) is 10.6 Å². The maximum atomic E-state index is 12.0. The van der Waals surface area contributed by atoms with E-state index < -0.39 is 18.5 Å². The van der Waals surface area contributed by atoms with Crippen LogP contribution in [0.3, 0.4) is 0 Å². The SMILES string of the molecule is CCCNC(=O)CNC(=O)COC(=O)c1csc(-c2ccc(C)cc2)n1. The molecule has 0 bridgehead atoms. The molecule has 0 radical (unpaired) electrons. The smallest absolute Gasteiger partial charge is 0.358 e. The zero-order chi connectivity index (χ0) is 18.9. The summed E-state index contributed by atoms with van der Waals surface area (Å²) in [6.45, 7) is 3.87. The molecule has 138 valence electrons. The van der Waals surface area contributed by atoms with Gasteiger partial charge in [-0.2, -0.15) is 0 Å². The molecule has 0 aliphatic carbocycles. The van der Waals surface area contributed by atoms with Gasteiger partial charge in [-0.1, -0.05) is 36.8 Å². The van der Waals surface area contributed by atoms with Gasteiger partial charge in [0.25, 0.3) is 5.91 Å². The molecule has 2 aromatic rings. The first-order valence-electron chi connectivity index (χ1n) is 8.22. The Kier molecular flexibility index (Phi) is 7.28. The fraction of sp³-hybridized carbons (Fsp3) is 0.333. The topological polar surface area (TPSA) is 97.4 Å². The maximum absolute atomic E-state index is 12.0. The third-order valence-electron chi connectivity index (χ3n) is 3.36. The summed E-state index contributed by atoms with van der Waals surface area (Å²) in [6, 6.07) is 7.80. The fourth-order valence-corrected chi connectivity index (χ4v) is 2.75. The largest absolute Gasteiger partial charge is 0.451 e. The van der Waals surface area contributed by atoms with Crippen molar-refractivity contribution in [1.82, 2.24) is 15.6 Å². The second-order valence-electron chi connectivity index (χ2n) is 5.61. The first-order valence-corrected chi connectivity index (χ1v) is 9.10. The van der Waals surface area contributed by atoms with E-state index in [1.165, 1.54) is 11.3 Å². The van der Waals surface area contributed by atoms with Gasteiger partial charge in [-0.05, 0) is 13.3 Å². The van der Waals surface area contributed by atoms with E-state index in [2.05, 4.69) is 15.6 Å². The number of hydrogen-bond donors (Lipinski definition) is 2. The van der Waals surface area contributed by atoms with Gasteiger partial charge in [-0.25, -0.2) is 9.78 Å². The monoisotopic (exact) mass is 375 g/mol. The molecule has 0 aliphatic heterocycles. The highest BCUT2D eigenvalue weighted by Crippen LogP contribution is 2.24. The maximum Gasteiger partial charge on any atom is 0.358 e. The van der Waals surface area contributed by atoms with Gasteiger partial charge in [-0.3, -0.25) is 9.59 Å². The van der Waals surface area contributed by atoms with Gasteiger partial charge in [0.2, 0.25) is 5.91 Å². The van der Waals surface area contributed by atoms with Gasteiger partial charge in [0.05, 0.1) is 6.54 Å². The second-order valence-corrected chi connectivity index (χ2v) is 6.46. The minimum atomic E-state index is -0.676. The van der Waals surface area contributed by atoms with Crippen LogP contribution in [-0.4, -0.2) is 42.5 Å². The standard InChI is InChI=1S/C18H21N3O4S/c1-3-8-19-15(22)9-20-16(23)10-25-18(24)14-11-26-17(21-14)13-6-4-12(2)5-7-13/h4-7,11H,3,8-10H2,1-2H3,(H,19,22)(H,20,23). The van der Waals surface area contributed by atoms with E-state index in [9.17, 15) is 14.4 Å². The van der Waals surface area contributed by atoms with Crippen LogP contribution in [0, 0.1) is 6.92 Å². The number of esters is 1. The Labute approximate surface area is 155 Å². The Morgan fingerprint density at radius 1 is 1.12 bits per heavy atom. The molecule has 2 rings (SSSR count). The zero-order valence-electron chi connectivity index (χ0n) is 14.7. The van der Waals surface area contributed by atoms with E-state index in [0.29, 0.717) is 11.6 Å². The number of carbonyl (C=O) groups excluding carboxylic acids is 3. The van der Waals surface area contributed by atoms with Crippen molar-refractivity contribution in [1.29, 1.82) is 0 Å². The van der Waals surface area contributed by atoms with Crippen LogP contribution >= 0.6 is 11.3 Å². The molecular weight excluding hydrogens is 354 g/mol. The molecule has 26 heavy (non-hydrogen) atoms. The molecule has 8 heteroatoms. The van der Waals surface area contributed by atoms with E-state index in [1.807, 2.05) is 38.1 Å². The van der Waals surface area contributed by atoms with Crippen molar-refractivity contribution in [3.63, 3.8) is 0 Å². The molecule has 1 aromatic carbocycles. The van der Waals surface area contributed by atoms with Gasteiger partial charge >= 0.3 is 5.97 Å². The van der Waals surface area contributed by atoms with E-state index in [-0.39, 0.29) is 18.1 Å². The lowest BCUT2D eigenvalue weighted by atomic mass is 10.2. The number of amides is 2. The Bertz CT molecular complexity index is 771. The van der Waals surface area contributed by atoms with Crippen LogP contribution in [0.4, 0.5) is 0 Å². The number of thiazole rings is 1. The normalized spacial score (nSPS) is 10.2. The van der Waals surface area contributed by atoms with E-state index in [1.54, 1.807) is 5.38 Å². The summed E-state index contributed by atoms with van der Waals surface area (Å²) in [5, 5.41) is 7.31. The lowest BCUT2D eigenvalue weighted by Crippen LogP contribution is -2.38. The lowest BCUT2D eigenvalue weighted by Gasteiger charge is -2.06. The Morgan fingerprint density at radius 3 is 2.54 bits per heavy atom. The summed E-state index contributed by atoms with van der Waals surface area (Å²) >= 11 is 1.33. The molecular formula is C18H21N3O4S. The quantitative estimate of drug-likeness (QED) is 0.687. The van der Waals surface area contributed by atoms with Gasteiger partial charge < -0.3 is 15.4 Å². The van der Waals surface area contributed by atoms with Crippen molar-refractivity contribution in [3.05, 3.63) is 40.9 Å². The predicted octanol–water partition coefficient (Wildman–Crippen LogP) is 1.92. The summed E-state index contributed by atoms with van der Waals surface area (Å²) < 4.78 is 4.93. The molecule has 0 atom stereocenters. The molecule has 0 saturated heterocycles. The predicted molar refractivity (Wildman–Crippen MR) is 98.9 cm³/mol. The molecule has 0 saturated carbocycles. The first-order chi connectivity index (χ1) is 12.5. The van der Waals surface area contributed by atoms with E-state index in [0.717, 1.165) is 17.5 Å². The van der Waals surface area contributed by atoms with Crippen molar-refractivity contribution >= 4 is 29.1 Å². The zero-order valence-corrected chi connectivity index (χ0v) is 15.5. The van der Waals surface area contributed by atoms with E-state index in [4.69, 9.17) is 4.74 Å². The van der Waals surface area contributed by atoms with Gasteiger partial charge in [0.15, 0.2) is 12.3 Å². The molecule has 1 heterocycles. The summed E-state index contributed by atoms with van der Waals surface area (Å²) in [4.78, 5) is 39.2. The average Bonchev–Trinajstić information content (AvgIpc) is 3.13. The highest BCUT2D eigenvalue weighted by molar-refractivity contribution is 7.13. The molecule has 0 fully saturated rings. The summed E-state index contributed by atoms with van der Waals surface area (Å²) in [7, 11) is 0. The van der Waals surface area contributed by atoms with E-state index >= 15 is 0 Å². The summed E-state index contributed by atoms with van der Waals surface area (Å²) in [5.41, 5.74) is 2.20. The first kappa shape index (κ1) is 19.6. The fourth-order valence-electron chi connectivity index (χ4n) is 1.96. The highest BCUT2D eigenvalue weighted by atomic mass is 32.1. The Balaban J connectivity index is 1.80. The van der Waals surface area contributed by atoms with Crippen LogP contribution in [0.2, 0.25) is 0 Å². The minimum absolute atomic E-state index is 0.148. The van der Waals surface area contributed by atoms with Gasteiger partial charge in [0.1, 0.15) is 5.01 Å². The molecule has 0 aliphatic rings. The van der Waals surface area contributed by atoms with Crippen LogP contribution in [0.15, 0.2) is 29.6 Å². The molecule has 0 unspecified atom stereocenters. The van der Waals surface area contributed by atoms with Gasteiger partial charge in [0, 0.05) is 17.5 Å². The van der Waals surface area contributed by atoms with Crippen molar-refractivity contribution in [2.75, 3.05) is 19.7 Å². The number of benzene rings is 1. The number of rotatable bonds is 8. The van der Waals surface area contributed by atoms with Crippen molar-refractivity contribution in [2.24, 2.45) is 0 Å². The molecule has 7 nitrogen and oxygen atoms in total. The third-order valence-corrected chi connectivity index (χ3v) is 4.26. The highest BCUT2D eigenvalue weighted by Gasteiger charge is 2.15. The van der Waals surface area contributed by atoms with Crippen LogP contribution in [0.25, 0.3) is 10.6 Å². The number of aryl methyl sites for hydroxylation is 1. The number of nitrogens with zero attached hydrogens (tertiary/aromatic N) is 1. The number of nitrogens with one attached hydrogen (secondary N) is 2. The summed E-state index contributed by atoms with van der Waals surface area (Å²) in [5.74, 6) is -1.50. The number of ether oxygens (including phenoxy) is 1.